The number of benzene rings is 3. The Morgan fingerprint density at radius 2 is 1.54 bits per heavy atom. The Bertz CT molecular complexity index is 2280. The SMILES string of the molecule is Cc1cc(C(=O)NC2C3CN(C(=O)OC(C)(C)C)CC32)ccc1-c1cccc(C[C@H](CC(=O)C2CCC(CNC(=O)OC(C)(C)C)CC2)C(=O)Nc2ccc(-c3nn[nH]n3)cc2)c1. The number of likely N-dealkylation sites (tertiary alicyclic amines) is 1. The van der Waals surface area contributed by atoms with E-state index >= 15 is 0 Å². The summed E-state index contributed by atoms with van der Waals surface area (Å²) < 4.78 is 10.9. The third kappa shape index (κ3) is 11.9. The van der Waals surface area contributed by atoms with Crippen molar-refractivity contribution >= 4 is 35.5 Å². The quantitative estimate of drug-likeness (QED) is 0.104. The number of aromatic nitrogens is 4. The average molecular weight is 861 g/mol. The van der Waals surface area contributed by atoms with Crippen molar-refractivity contribution < 1.29 is 33.4 Å². The van der Waals surface area contributed by atoms with Crippen LogP contribution in [0.1, 0.15) is 95.1 Å². The van der Waals surface area contributed by atoms with Crippen molar-refractivity contribution in [1.82, 2.24) is 36.2 Å². The van der Waals surface area contributed by atoms with Crippen LogP contribution in [0.25, 0.3) is 22.5 Å². The summed E-state index contributed by atoms with van der Waals surface area (Å²) in [5, 5.41) is 23.2. The molecule has 4 amide bonds. The first-order valence-corrected chi connectivity index (χ1v) is 22.0. The summed E-state index contributed by atoms with van der Waals surface area (Å²) in [5.41, 5.74) is 4.50. The van der Waals surface area contributed by atoms with Gasteiger partial charge in [-0.15, -0.1) is 10.2 Å². The number of hydrogen-bond donors (Lipinski definition) is 4. The van der Waals surface area contributed by atoms with Gasteiger partial charge in [-0.3, -0.25) is 14.4 Å². The number of aromatic amines is 1. The van der Waals surface area contributed by atoms with Crippen molar-refractivity contribution in [2.24, 2.45) is 29.6 Å². The van der Waals surface area contributed by atoms with Crippen LogP contribution in [0.4, 0.5) is 15.3 Å². The molecule has 4 N–H and O–H groups in total. The van der Waals surface area contributed by atoms with E-state index in [0.717, 1.165) is 40.7 Å². The van der Waals surface area contributed by atoms with Gasteiger partial charge in [0.05, 0.1) is 0 Å². The van der Waals surface area contributed by atoms with E-state index in [2.05, 4.69) is 42.6 Å². The maximum absolute atomic E-state index is 14.1. The first-order chi connectivity index (χ1) is 29.9. The molecule has 3 atom stereocenters. The number of H-pyrrole nitrogens is 1. The number of anilines is 1. The molecule has 3 aromatic carbocycles. The van der Waals surface area contributed by atoms with Gasteiger partial charge in [0.2, 0.25) is 11.7 Å². The molecular weight excluding hydrogens is 801 g/mol. The maximum Gasteiger partial charge on any atom is 0.410 e. The molecule has 0 radical (unpaired) electrons. The first-order valence-electron chi connectivity index (χ1n) is 22.0. The highest BCUT2D eigenvalue weighted by atomic mass is 16.6. The van der Waals surface area contributed by atoms with Crippen molar-refractivity contribution in [3.8, 4) is 22.5 Å². The normalized spacial score (nSPS) is 21.1. The number of carbonyl (C=O) groups excluding carboxylic acids is 5. The molecule has 7 rings (SSSR count). The number of ether oxygens (including phenoxy) is 2. The van der Waals surface area contributed by atoms with Crippen LogP contribution in [0.5, 0.6) is 0 Å². The molecule has 1 aliphatic heterocycles. The van der Waals surface area contributed by atoms with Crippen molar-refractivity contribution in [3.63, 3.8) is 0 Å². The number of fused-ring (bicyclic) bond motifs is 1. The molecule has 2 unspecified atom stereocenters. The van der Waals surface area contributed by atoms with Crippen LogP contribution in [-0.2, 0) is 25.5 Å². The third-order valence-electron chi connectivity index (χ3n) is 12.2. The van der Waals surface area contributed by atoms with Gasteiger partial charge in [-0.25, -0.2) is 9.59 Å². The zero-order valence-electron chi connectivity index (χ0n) is 37.3. The molecule has 0 bridgehead atoms. The van der Waals surface area contributed by atoms with E-state index in [1.54, 1.807) is 29.2 Å². The molecule has 3 fully saturated rings. The summed E-state index contributed by atoms with van der Waals surface area (Å²) in [6.07, 6.45) is 2.68. The number of alkyl carbamates (subject to hydrolysis) is 1. The number of tetrazole rings is 1. The first kappa shape index (κ1) is 44.9. The Hall–Kier alpha value is -6.12. The fraction of sp³-hybridized carbons (Fsp3) is 0.500. The molecule has 0 spiro atoms. The summed E-state index contributed by atoms with van der Waals surface area (Å²) in [5.74, 6) is 0.0164. The van der Waals surface area contributed by atoms with Crippen molar-refractivity contribution in [2.75, 3.05) is 25.0 Å². The van der Waals surface area contributed by atoms with Gasteiger partial charge in [0, 0.05) is 72.6 Å². The second kappa shape index (κ2) is 18.7. The van der Waals surface area contributed by atoms with E-state index in [1.807, 2.05) is 84.9 Å². The number of aryl methyl sites for hydroxylation is 1. The molecule has 2 saturated carbocycles. The summed E-state index contributed by atoms with van der Waals surface area (Å²) >= 11 is 0. The molecule has 2 aliphatic carbocycles. The summed E-state index contributed by atoms with van der Waals surface area (Å²) in [4.78, 5) is 67.9. The minimum Gasteiger partial charge on any atom is -0.444 e. The number of piperidine rings is 1. The second-order valence-corrected chi connectivity index (χ2v) is 19.4. The average Bonchev–Trinajstić information content (AvgIpc) is 3.59. The second-order valence-electron chi connectivity index (χ2n) is 19.4. The number of nitrogens with zero attached hydrogens (tertiary/aromatic N) is 4. The molecule has 334 valence electrons. The Labute approximate surface area is 368 Å². The Morgan fingerprint density at radius 1 is 0.841 bits per heavy atom. The lowest BCUT2D eigenvalue weighted by Crippen LogP contribution is -2.40. The largest absolute Gasteiger partial charge is 0.444 e. The molecule has 4 aromatic rings. The van der Waals surface area contributed by atoms with Gasteiger partial charge in [0.25, 0.3) is 5.91 Å². The van der Waals surface area contributed by atoms with Crippen molar-refractivity contribution in [2.45, 2.75) is 104 Å². The predicted molar refractivity (Wildman–Crippen MR) is 237 cm³/mol. The van der Waals surface area contributed by atoms with Gasteiger partial charge in [-0.05, 0) is 150 Å². The van der Waals surface area contributed by atoms with Crippen LogP contribution in [0, 0.1) is 36.5 Å². The maximum atomic E-state index is 14.1. The number of ketones is 1. The summed E-state index contributed by atoms with van der Waals surface area (Å²) in [6, 6.07) is 20.9. The van der Waals surface area contributed by atoms with Gasteiger partial charge >= 0.3 is 12.2 Å². The van der Waals surface area contributed by atoms with Crippen LogP contribution in [0.2, 0.25) is 0 Å². The van der Waals surface area contributed by atoms with Crippen LogP contribution < -0.4 is 16.0 Å². The molecule has 2 heterocycles. The van der Waals surface area contributed by atoms with Crippen LogP contribution in [-0.4, -0.2) is 92.2 Å². The van der Waals surface area contributed by atoms with E-state index < -0.39 is 23.2 Å². The summed E-state index contributed by atoms with van der Waals surface area (Å²) in [7, 11) is 0. The molecule has 3 aliphatic rings. The van der Waals surface area contributed by atoms with Gasteiger partial charge < -0.3 is 30.3 Å². The molecule has 15 nitrogen and oxygen atoms in total. The lowest BCUT2D eigenvalue weighted by molar-refractivity contribution is -0.129. The lowest BCUT2D eigenvalue weighted by Gasteiger charge is -2.29. The topological polar surface area (TPSA) is 198 Å². The van der Waals surface area contributed by atoms with E-state index in [1.165, 1.54) is 0 Å². The number of nitrogens with one attached hydrogen (secondary N) is 4. The Kier molecular flexibility index (Phi) is 13.3. The van der Waals surface area contributed by atoms with E-state index in [-0.39, 0.29) is 59.8 Å². The monoisotopic (exact) mass is 860 g/mol. The fourth-order valence-corrected chi connectivity index (χ4v) is 8.86. The number of rotatable bonds is 13. The van der Waals surface area contributed by atoms with Gasteiger partial charge in [-0.2, -0.15) is 5.21 Å². The van der Waals surface area contributed by atoms with Crippen LogP contribution >= 0.6 is 0 Å². The molecule has 1 aromatic heterocycles. The highest BCUT2D eigenvalue weighted by Crippen LogP contribution is 2.46. The van der Waals surface area contributed by atoms with E-state index in [4.69, 9.17) is 9.47 Å². The zero-order valence-corrected chi connectivity index (χ0v) is 37.3. The Morgan fingerprint density at radius 3 is 2.17 bits per heavy atom. The number of amides is 4. The highest BCUT2D eigenvalue weighted by molar-refractivity contribution is 5.97. The summed E-state index contributed by atoms with van der Waals surface area (Å²) in [6.45, 7) is 14.7. The predicted octanol–water partition coefficient (Wildman–Crippen LogP) is 7.52. The van der Waals surface area contributed by atoms with Gasteiger partial charge in [0.1, 0.15) is 17.0 Å². The van der Waals surface area contributed by atoms with Crippen LogP contribution in [0.15, 0.2) is 66.7 Å². The molecule has 1 saturated heterocycles. The minimum atomic E-state index is -0.638. The minimum absolute atomic E-state index is 0.0316. The standard InChI is InChI=1S/C48H60N8O7/c1-28-21-34(43(58)51-41-38-26-56(27-39(38)41)46(61)63-48(5,6)7)17-20-37(28)33-10-8-9-30(22-33)23-35(44(59)50-36-18-15-32(16-19-36)42-52-54-55-53-42)24-40(57)31-13-11-29(12-14-31)25-49-45(60)62-47(2,3)4/h8-10,15-22,29,31,35,38-39,41H,11-14,23-27H2,1-7H3,(H,49,60)(H,50,59)(H,51,58)(H,52,53,54,55)/t29?,31?,35-,38?,39?,41?/m1/s1. The lowest BCUT2D eigenvalue weighted by atomic mass is 9.77. The van der Waals surface area contributed by atoms with Gasteiger partial charge in [-0.1, -0.05) is 30.3 Å². The van der Waals surface area contributed by atoms with E-state index in [0.29, 0.717) is 56.0 Å². The number of carbonyl (C=O) groups is 5. The van der Waals surface area contributed by atoms with Gasteiger partial charge in [0.15, 0.2) is 0 Å². The molecular formula is C48H60N8O7. The van der Waals surface area contributed by atoms with E-state index in [9.17, 15) is 24.0 Å². The van der Waals surface area contributed by atoms with Crippen LogP contribution in [0.3, 0.4) is 0 Å². The molecule has 15 heteroatoms. The molecule has 63 heavy (non-hydrogen) atoms. The highest BCUT2D eigenvalue weighted by Gasteiger charge is 2.58. The van der Waals surface area contributed by atoms with Crippen molar-refractivity contribution in [3.05, 3.63) is 83.4 Å². The third-order valence-corrected chi connectivity index (χ3v) is 12.2. The fourth-order valence-electron chi connectivity index (χ4n) is 8.86. The van der Waals surface area contributed by atoms with Crippen molar-refractivity contribution in [1.29, 1.82) is 0 Å². The number of hydrogen-bond acceptors (Lipinski definition) is 10. The number of Topliss-reactive ketones (excluding diaryl/α,β-unsaturated/α-hetero) is 1. The zero-order chi connectivity index (χ0) is 45.1. The smallest absolute Gasteiger partial charge is 0.410 e. The Balaban J connectivity index is 0.989.